The highest BCUT2D eigenvalue weighted by atomic mass is 16.6. The fourth-order valence-electron chi connectivity index (χ4n) is 1.17. The van der Waals surface area contributed by atoms with Gasteiger partial charge in [-0.05, 0) is 6.54 Å². The van der Waals surface area contributed by atoms with Crippen LogP contribution in [-0.2, 0) is 0 Å². The number of methoxy groups -OCH3 is 1. The molecule has 94 valence electrons. The minimum Gasteiger partial charge on any atom is -0.481 e. The van der Waals surface area contributed by atoms with Crippen molar-refractivity contribution in [2.24, 2.45) is 0 Å². The lowest BCUT2D eigenvalue weighted by molar-refractivity contribution is -0.386. The Bertz CT molecular complexity index is 384. The molecular formula is C10H15N3O4. The summed E-state index contributed by atoms with van der Waals surface area (Å²) in [5.74, 6) is 0.265. The molecule has 1 N–H and O–H groups in total. The number of ether oxygens (including phenoxy) is 2. The van der Waals surface area contributed by atoms with Crippen molar-refractivity contribution >= 4 is 5.69 Å². The topological polar surface area (TPSA) is 86.5 Å². The summed E-state index contributed by atoms with van der Waals surface area (Å²) in [5.41, 5.74) is -0.165. The smallest absolute Gasteiger partial charge is 0.331 e. The molecule has 0 unspecified atom stereocenters. The van der Waals surface area contributed by atoms with E-state index in [1.54, 1.807) is 0 Å². The molecule has 0 bridgehead atoms. The van der Waals surface area contributed by atoms with Gasteiger partial charge in [0.25, 0.3) is 5.88 Å². The van der Waals surface area contributed by atoms with Gasteiger partial charge in [0.1, 0.15) is 6.61 Å². The zero-order chi connectivity index (χ0) is 12.7. The summed E-state index contributed by atoms with van der Waals surface area (Å²) < 4.78 is 10.1. The molecule has 7 heteroatoms. The van der Waals surface area contributed by atoms with Gasteiger partial charge in [-0.2, -0.15) is 4.98 Å². The molecule has 0 saturated carbocycles. The second-order valence-corrected chi connectivity index (χ2v) is 3.14. The van der Waals surface area contributed by atoms with Crippen LogP contribution in [0.15, 0.2) is 12.1 Å². The summed E-state index contributed by atoms with van der Waals surface area (Å²) in [6, 6.07) is 2.74. The fourth-order valence-corrected chi connectivity index (χ4v) is 1.17. The first-order valence-corrected chi connectivity index (χ1v) is 5.22. The van der Waals surface area contributed by atoms with Gasteiger partial charge in [0.15, 0.2) is 0 Å². The lowest BCUT2D eigenvalue weighted by Crippen LogP contribution is -2.20. The van der Waals surface area contributed by atoms with Gasteiger partial charge >= 0.3 is 5.69 Å². The summed E-state index contributed by atoms with van der Waals surface area (Å²) in [6.07, 6.45) is 0. The Kier molecular flexibility index (Phi) is 5.15. The van der Waals surface area contributed by atoms with Gasteiger partial charge in [-0.25, -0.2) is 0 Å². The average molecular weight is 241 g/mol. The van der Waals surface area contributed by atoms with Gasteiger partial charge in [-0.15, -0.1) is 0 Å². The SMILES string of the molecule is CCNCCOc1nc(OC)ccc1[N+](=O)[O-]. The van der Waals surface area contributed by atoms with E-state index >= 15 is 0 Å². The molecule has 0 saturated heterocycles. The van der Waals surface area contributed by atoms with E-state index in [-0.39, 0.29) is 17.4 Å². The van der Waals surface area contributed by atoms with Crippen LogP contribution in [0.2, 0.25) is 0 Å². The number of likely N-dealkylation sites (N-methyl/N-ethyl adjacent to an activating group) is 1. The maximum atomic E-state index is 10.7. The number of nitrogens with one attached hydrogen (secondary N) is 1. The van der Waals surface area contributed by atoms with Crippen molar-refractivity contribution in [3.8, 4) is 11.8 Å². The van der Waals surface area contributed by atoms with Gasteiger partial charge in [-0.3, -0.25) is 10.1 Å². The monoisotopic (exact) mass is 241 g/mol. The third kappa shape index (κ3) is 3.87. The normalized spacial score (nSPS) is 10.0. The molecule has 0 aliphatic carbocycles. The Morgan fingerprint density at radius 2 is 2.29 bits per heavy atom. The quantitative estimate of drug-likeness (QED) is 0.435. The Hall–Kier alpha value is -1.89. The molecule has 0 amide bonds. The van der Waals surface area contributed by atoms with E-state index < -0.39 is 4.92 Å². The fraction of sp³-hybridized carbons (Fsp3) is 0.500. The molecule has 0 aromatic carbocycles. The van der Waals surface area contributed by atoms with Gasteiger partial charge in [0.05, 0.1) is 12.0 Å². The van der Waals surface area contributed by atoms with Crippen molar-refractivity contribution in [2.75, 3.05) is 26.8 Å². The number of pyridine rings is 1. The second-order valence-electron chi connectivity index (χ2n) is 3.14. The average Bonchev–Trinajstić information content (AvgIpc) is 2.34. The van der Waals surface area contributed by atoms with E-state index in [2.05, 4.69) is 10.3 Å². The van der Waals surface area contributed by atoms with E-state index in [1.165, 1.54) is 19.2 Å². The number of hydrogen-bond acceptors (Lipinski definition) is 6. The predicted octanol–water partition coefficient (Wildman–Crippen LogP) is 0.987. The van der Waals surface area contributed by atoms with E-state index in [1.807, 2.05) is 6.92 Å². The Morgan fingerprint density at radius 1 is 1.53 bits per heavy atom. The Labute approximate surface area is 98.9 Å². The molecule has 0 aliphatic rings. The maximum Gasteiger partial charge on any atom is 0.331 e. The molecule has 1 heterocycles. The first kappa shape index (κ1) is 13.2. The summed E-state index contributed by atoms with van der Waals surface area (Å²) in [6.45, 7) is 3.70. The highest BCUT2D eigenvalue weighted by Crippen LogP contribution is 2.26. The summed E-state index contributed by atoms with van der Waals surface area (Å²) >= 11 is 0. The number of nitrogens with zero attached hydrogens (tertiary/aromatic N) is 2. The molecule has 0 radical (unpaired) electrons. The van der Waals surface area contributed by atoms with Crippen molar-refractivity contribution in [3.05, 3.63) is 22.2 Å². The first-order chi connectivity index (χ1) is 8.19. The van der Waals surface area contributed by atoms with Crippen LogP contribution >= 0.6 is 0 Å². The van der Waals surface area contributed by atoms with E-state index in [0.717, 1.165) is 6.54 Å². The molecule has 7 nitrogen and oxygen atoms in total. The van der Waals surface area contributed by atoms with Gasteiger partial charge in [0.2, 0.25) is 5.88 Å². The van der Waals surface area contributed by atoms with Gasteiger partial charge in [-0.1, -0.05) is 6.92 Å². The maximum absolute atomic E-state index is 10.7. The third-order valence-corrected chi connectivity index (χ3v) is 1.99. The van der Waals surface area contributed by atoms with Crippen LogP contribution in [0.1, 0.15) is 6.92 Å². The summed E-state index contributed by atoms with van der Waals surface area (Å²) in [5, 5.41) is 13.8. The molecule has 17 heavy (non-hydrogen) atoms. The van der Waals surface area contributed by atoms with Gasteiger partial charge < -0.3 is 14.8 Å². The van der Waals surface area contributed by atoms with Crippen LogP contribution in [-0.4, -0.2) is 36.7 Å². The lowest BCUT2D eigenvalue weighted by atomic mass is 10.4. The molecule has 0 spiro atoms. The van der Waals surface area contributed by atoms with Crippen LogP contribution in [0, 0.1) is 10.1 Å². The molecular weight excluding hydrogens is 226 g/mol. The minimum atomic E-state index is -0.533. The Morgan fingerprint density at radius 3 is 2.88 bits per heavy atom. The highest BCUT2D eigenvalue weighted by molar-refractivity contribution is 5.42. The lowest BCUT2D eigenvalue weighted by Gasteiger charge is -2.07. The highest BCUT2D eigenvalue weighted by Gasteiger charge is 2.17. The molecule has 0 fully saturated rings. The predicted molar refractivity (Wildman–Crippen MR) is 61.5 cm³/mol. The molecule has 0 aliphatic heterocycles. The number of nitro groups is 1. The van der Waals surface area contributed by atoms with Crippen LogP contribution in [0.5, 0.6) is 11.8 Å². The van der Waals surface area contributed by atoms with Crippen LogP contribution < -0.4 is 14.8 Å². The minimum absolute atomic E-state index is 0.0211. The molecule has 1 aromatic rings. The number of rotatable bonds is 7. The van der Waals surface area contributed by atoms with Crippen LogP contribution in [0.3, 0.4) is 0 Å². The van der Waals surface area contributed by atoms with E-state index in [4.69, 9.17) is 9.47 Å². The van der Waals surface area contributed by atoms with Crippen molar-refractivity contribution in [2.45, 2.75) is 6.92 Å². The van der Waals surface area contributed by atoms with E-state index in [9.17, 15) is 10.1 Å². The van der Waals surface area contributed by atoms with Crippen molar-refractivity contribution in [1.82, 2.24) is 10.3 Å². The molecule has 1 aromatic heterocycles. The second kappa shape index (κ2) is 6.64. The first-order valence-electron chi connectivity index (χ1n) is 5.22. The zero-order valence-electron chi connectivity index (χ0n) is 9.80. The number of aromatic nitrogens is 1. The summed E-state index contributed by atoms with van der Waals surface area (Å²) in [7, 11) is 1.44. The molecule has 1 rings (SSSR count). The molecule has 0 atom stereocenters. The van der Waals surface area contributed by atoms with Crippen LogP contribution in [0.4, 0.5) is 5.69 Å². The zero-order valence-corrected chi connectivity index (χ0v) is 9.80. The standard InChI is InChI=1S/C10H15N3O4/c1-3-11-6-7-17-10-8(13(14)15)4-5-9(12-10)16-2/h4-5,11H,3,6-7H2,1-2H3. The van der Waals surface area contributed by atoms with Crippen LogP contribution in [0.25, 0.3) is 0 Å². The summed E-state index contributed by atoms with van der Waals surface area (Å²) in [4.78, 5) is 14.1. The van der Waals surface area contributed by atoms with Crippen molar-refractivity contribution in [3.63, 3.8) is 0 Å². The van der Waals surface area contributed by atoms with Gasteiger partial charge in [0, 0.05) is 18.7 Å². The van der Waals surface area contributed by atoms with Crippen molar-refractivity contribution < 1.29 is 14.4 Å². The van der Waals surface area contributed by atoms with E-state index in [0.29, 0.717) is 13.2 Å². The largest absolute Gasteiger partial charge is 0.481 e. The third-order valence-electron chi connectivity index (χ3n) is 1.99. The number of hydrogen-bond donors (Lipinski definition) is 1. The Balaban J connectivity index is 2.75. The van der Waals surface area contributed by atoms with Crippen molar-refractivity contribution in [1.29, 1.82) is 0 Å².